The zero-order chi connectivity index (χ0) is 16.7. The average Bonchev–Trinajstić information content (AvgIpc) is 2.59. The molecule has 23 heavy (non-hydrogen) atoms. The molecule has 0 aromatic heterocycles. The predicted molar refractivity (Wildman–Crippen MR) is 85.3 cm³/mol. The fraction of sp³-hybridized carbons (Fsp3) is 0.500. The Kier molecular flexibility index (Phi) is 5.95. The summed E-state index contributed by atoms with van der Waals surface area (Å²) in [6.45, 7) is 1.65. The lowest BCUT2D eigenvalue weighted by Crippen LogP contribution is -2.57. The Morgan fingerprint density at radius 3 is 2.65 bits per heavy atom. The van der Waals surface area contributed by atoms with Gasteiger partial charge >= 0.3 is 0 Å². The minimum Gasteiger partial charge on any atom is -0.497 e. The maximum atomic E-state index is 12.1. The molecule has 126 valence electrons. The number of ether oxygens (including phenoxy) is 2. The molecule has 2 rings (SSSR count). The van der Waals surface area contributed by atoms with E-state index in [1.165, 1.54) is 0 Å². The zero-order valence-corrected chi connectivity index (χ0v) is 13.3. The maximum Gasteiger partial charge on any atom is 0.251 e. The van der Waals surface area contributed by atoms with E-state index >= 15 is 0 Å². The SMILES string of the molecule is COc1cccc(C(=O)NCCNC(=O)C2(N)CCOCC2)c1. The highest BCUT2D eigenvalue weighted by Gasteiger charge is 2.35. The van der Waals surface area contributed by atoms with Crippen LogP contribution < -0.4 is 21.1 Å². The van der Waals surface area contributed by atoms with Crippen LogP contribution in [0.25, 0.3) is 0 Å². The number of nitrogens with two attached hydrogens (primary N) is 1. The van der Waals surface area contributed by atoms with Crippen molar-refractivity contribution in [1.29, 1.82) is 0 Å². The molecule has 2 amide bonds. The van der Waals surface area contributed by atoms with Crippen LogP contribution in [0.15, 0.2) is 24.3 Å². The molecule has 1 saturated heterocycles. The number of benzene rings is 1. The van der Waals surface area contributed by atoms with E-state index in [1.54, 1.807) is 31.4 Å². The Balaban J connectivity index is 1.74. The summed E-state index contributed by atoms with van der Waals surface area (Å²) in [5.74, 6) is 0.207. The summed E-state index contributed by atoms with van der Waals surface area (Å²) in [5, 5.41) is 5.51. The Morgan fingerprint density at radius 1 is 1.26 bits per heavy atom. The van der Waals surface area contributed by atoms with E-state index in [1.807, 2.05) is 0 Å². The van der Waals surface area contributed by atoms with Crippen molar-refractivity contribution in [3.8, 4) is 5.75 Å². The summed E-state index contributed by atoms with van der Waals surface area (Å²) < 4.78 is 10.3. The second kappa shape index (κ2) is 7.94. The second-order valence-corrected chi connectivity index (χ2v) is 5.51. The lowest BCUT2D eigenvalue weighted by molar-refractivity contribution is -0.129. The molecule has 1 fully saturated rings. The highest BCUT2D eigenvalue weighted by atomic mass is 16.5. The molecule has 0 radical (unpaired) electrons. The first kappa shape index (κ1) is 17.2. The Labute approximate surface area is 135 Å². The largest absolute Gasteiger partial charge is 0.497 e. The highest BCUT2D eigenvalue weighted by molar-refractivity contribution is 5.94. The van der Waals surface area contributed by atoms with Gasteiger partial charge in [0.15, 0.2) is 0 Å². The van der Waals surface area contributed by atoms with Crippen LogP contribution in [0.4, 0.5) is 0 Å². The molecule has 0 saturated carbocycles. The number of hydrogen-bond acceptors (Lipinski definition) is 5. The van der Waals surface area contributed by atoms with Gasteiger partial charge in [0, 0.05) is 31.9 Å². The molecule has 7 nitrogen and oxygen atoms in total. The number of rotatable bonds is 6. The summed E-state index contributed by atoms with van der Waals surface area (Å²) in [7, 11) is 1.55. The third-order valence-electron chi connectivity index (χ3n) is 3.87. The van der Waals surface area contributed by atoms with Crippen LogP contribution in [0, 0.1) is 0 Å². The van der Waals surface area contributed by atoms with Gasteiger partial charge in [-0.2, -0.15) is 0 Å². The molecular weight excluding hydrogens is 298 g/mol. The standard InChI is InChI=1S/C16H23N3O4/c1-22-13-4-2-3-12(11-13)14(20)18-7-8-19-15(21)16(17)5-9-23-10-6-16/h2-4,11H,5-10,17H2,1H3,(H,18,20)(H,19,21). The third kappa shape index (κ3) is 4.67. The van der Waals surface area contributed by atoms with Crippen LogP contribution in [-0.2, 0) is 9.53 Å². The fourth-order valence-corrected chi connectivity index (χ4v) is 2.36. The van der Waals surface area contributed by atoms with E-state index in [9.17, 15) is 9.59 Å². The number of amides is 2. The van der Waals surface area contributed by atoms with Gasteiger partial charge in [0.05, 0.1) is 12.6 Å². The van der Waals surface area contributed by atoms with Crippen LogP contribution in [0.3, 0.4) is 0 Å². The van der Waals surface area contributed by atoms with Gasteiger partial charge in [-0.15, -0.1) is 0 Å². The van der Waals surface area contributed by atoms with Crippen molar-refractivity contribution in [2.75, 3.05) is 33.4 Å². The molecule has 7 heteroatoms. The number of carbonyl (C=O) groups is 2. The van der Waals surface area contributed by atoms with E-state index in [0.717, 1.165) is 0 Å². The number of methoxy groups -OCH3 is 1. The average molecular weight is 321 g/mol. The molecule has 1 aromatic carbocycles. The molecule has 0 aliphatic carbocycles. The fourth-order valence-electron chi connectivity index (χ4n) is 2.36. The molecule has 0 unspecified atom stereocenters. The first-order chi connectivity index (χ1) is 11.0. The van der Waals surface area contributed by atoms with Crippen LogP contribution in [-0.4, -0.2) is 50.8 Å². The van der Waals surface area contributed by atoms with E-state index in [0.29, 0.717) is 50.5 Å². The van der Waals surface area contributed by atoms with Crippen molar-refractivity contribution < 1.29 is 19.1 Å². The van der Waals surface area contributed by atoms with E-state index < -0.39 is 5.54 Å². The Bertz CT molecular complexity index is 556. The molecule has 0 atom stereocenters. The number of carbonyl (C=O) groups excluding carboxylic acids is 2. The summed E-state index contributed by atoms with van der Waals surface area (Å²) in [5.41, 5.74) is 5.72. The molecule has 1 heterocycles. The van der Waals surface area contributed by atoms with Gasteiger partial charge in [-0.25, -0.2) is 0 Å². The van der Waals surface area contributed by atoms with Crippen molar-refractivity contribution in [2.24, 2.45) is 5.73 Å². The van der Waals surface area contributed by atoms with Gasteiger partial charge in [-0.1, -0.05) is 6.07 Å². The van der Waals surface area contributed by atoms with Crippen LogP contribution in [0.5, 0.6) is 5.75 Å². The normalized spacial score (nSPS) is 16.4. The molecule has 0 spiro atoms. The highest BCUT2D eigenvalue weighted by Crippen LogP contribution is 2.17. The number of nitrogens with one attached hydrogen (secondary N) is 2. The van der Waals surface area contributed by atoms with Gasteiger partial charge in [-0.3, -0.25) is 9.59 Å². The number of hydrogen-bond donors (Lipinski definition) is 3. The third-order valence-corrected chi connectivity index (χ3v) is 3.87. The first-order valence-electron chi connectivity index (χ1n) is 7.62. The van der Waals surface area contributed by atoms with Crippen molar-refractivity contribution in [3.05, 3.63) is 29.8 Å². The lowest BCUT2D eigenvalue weighted by atomic mass is 9.90. The molecule has 1 aromatic rings. The van der Waals surface area contributed by atoms with Crippen molar-refractivity contribution in [1.82, 2.24) is 10.6 Å². The predicted octanol–water partition coefficient (Wildman–Crippen LogP) is 0.0491. The minimum absolute atomic E-state index is 0.198. The minimum atomic E-state index is -0.866. The van der Waals surface area contributed by atoms with Crippen LogP contribution in [0.2, 0.25) is 0 Å². The van der Waals surface area contributed by atoms with Gasteiger partial charge in [0.2, 0.25) is 5.91 Å². The molecule has 0 bridgehead atoms. The van der Waals surface area contributed by atoms with Gasteiger partial charge < -0.3 is 25.8 Å². The topological polar surface area (TPSA) is 103 Å². The Hall–Kier alpha value is -2.12. The lowest BCUT2D eigenvalue weighted by Gasteiger charge is -2.31. The summed E-state index contributed by atoms with van der Waals surface area (Å²) in [4.78, 5) is 24.1. The van der Waals surface area contributed by atoms with Crippen molar-refractivity contribution in [2.45, 2.75) is 18.4 Å². The molecule has 1 aliphatic rings. The zero-order valence-electron chi connectivity index (χ0n) is 13.3. The van der Waals surface area contributed by atoms with Crippen molar-refractivity contribution >= 4 is 11.8 Å². The molecule has 4 N–H and O–H groups in total. The maximum absolute atomic E-state index is 12.1. The smallest absolute Gasteiger partial charge is 0.251 e. The van der Waals surface area contributed by atoms with Crippen LogP contribution >= 0.6 is 0 Å². The monoisotopic (exact) mass is 321 g/mol. The van der Waals surface area contributed by atoms with E-state index in [2.05, 4.69) is 10.6 Å². The second-order valence-electron chi connectivity index (χ2n) is 5.51. The van der Waals surface area contributed by atoms with E-state index in [4.69, 9.17) is 15.2 Å². The summed E-state index contributed by atoms with van der Waals surface area (Å²) in [6.07, 6.45) is 1.02. The Morgan fingerprint density at radius 2 is 1.96 bits per heavy atom. The summed E-state index contributed by atoms with van der Waals surface area (Å²) in [6, 6.07) is 6.88. The van der Waals surface area contributed by atoms with E-state index in [-0.39, 0.29) is 11.8 Å². The van der Waals surface area contributed by atoms with Crippen molar-refractivity contribution in [3.63, 3.8) is 0 Å². The van der Waals surface area contributed by atoms with Crippen LogP contribution in [0.1, 0.15) is 23.2 Å². The quantitative estimate of drug-likeness (QED) is 0.643. The first-order valence-corrected chi connectivity index (χ1v) is 7.62. The molecular formula is C16H23N3O4. The van der Waals surface area contributed by atoms with Gasteiger partial charge in [0.25, 0.3) is 5.91 Å². The van der Waals surface area contributed by atoms with Gasteiger partial charge in [0.1, 0.15) is 5.75 Å². The van der Waals surface area contributed by atoms with Gasteiger partial charge in [-0.05, 0) is 31.0 Å². The summed E-state index contributed by atoms with van der Waals surface area (Å²) >= 11 is 0. The molecule has 1 aliphatic heterocycles.